The lowest BCUT2D eigenvalue weighted by atomic mass is 10.0. The first kappa shape index (κ1) is 13.8. The standard InChI is InChI=1S/C14H20FN3O/c1-10-5-6-12(15)13(8-10)17-14(19)18-7-3-2-4-11(18)9-16/h5-6,8,11H,2-4,7,9,16H2,1H3,(H,17,19)/t11-/m0/s1. The Bertz CT molecular complexity index is 464. The van der Waals surface area contributed by atoms with E-state index >= 15 is 0 Å². The summed E-state index contributed by atoms with van der Waals surface area (Å²) in [4.78, 5) is 13.9. The van der Waals surface area contributed by atoms with E-state index in [1.165, 1.54) is 6.07 Å². The molecule has 2 rings (SSSR count). The Morgan fingerprint density at radius 2 is 2.32 bits per heavy atom. The van der Waals surface area contributed by atoms with Gasteiger partial charge in [0.25, 0.3) is 0 Å². The zero-order valence-corrected chi connectivity index (χ0v) is 11.2. The van der Waals surface area contributed by atoms with Crippen molar-refractivity contribution in [2.24, 2.45) is 5.73 Å². The second-order valence-electron chi connectivity index (χ2n) is 4.99. The molecule has 1 fully saturated rings. The smallest absolute Gasteiger partial charge is 0.322 e. The molecule has 1 aliphatic heterocycles. The van der Waals surface area contributed by atoms with Gasteiger partial charge in [-0.25, -0.2) is 9.18 Å². The average Bonchev–Trinajstić information content (AvgIpc) is 2.42. The third-order valence-corrected chi connectivity index (χ3v) is 3.52. The lowest BCUT2D eigenvalue weighted by Crippen LogP contribution is -2.49. The number of amides is 2. The fourth-order valence-electron chi connectivity index (χ4n) is 2.43. The van der Waals surface area contributed by atoms with Gasteiger partial charge in [0.1, 0.15) is 5.82 Å². The summed E-state index contributed by atoms with van der Waals surface area (Å²) in [6.07, 6.45) is 2.98. The Kier molecular flexibility index (Phi) is 4.37. The van der Waals surface area contributed by atoms with E-state index in [4.69, 9.17) is 5.73 Å². The van der Waals surface area contributed by atoms with E-state index in [-0.39, 0.29) is 17.8 Å². The van der Waals surface area contributed by atoms with Gasteiger partial charge in [-0.3, -0.25) is 0 Å². The first-order valence-electron chi connectivity index (χ1n) is 6.65. The molecule has 5 heteroatoms. The van der Waals surface area contributed by atoms with Gasteiger partial charge < -0.3 is 16.0 Å². The van der Waals surface area contributed by atoms with E-state index in [0.717, 1.165) is 24.8 Å². The van der Waals surface area contributed by atoms with Crippen LogP contribution in [0.5, 0.6) is 0 Å². The highest BCUT2D eigenvalue weighted by Crippen LogP contribution is 2.20. The van der Waals surface area contributed by atoms with Crippen LogP contribution in [0.4, 0.5) is 14.9 Å². The Morgan fingerprint density at radius 3 is 3.05 bits per heavy atom. The SMILES string of the molecule is Cc1ccc(F)c(NC(=O)N2CCCC[C@H]2CN)c1. The van der Waals surface area contributed by atoms with Gasteiger partial charge in [0.15, 0.2) is 0 Å². The molecule has 0 aromatic heterocycles. The number of hydrogen-bond donors (Lipinski definition) is 2. The Balaban J connectivity index is 2.09. The quantitative estimate of drug-likeness (QED) is 0.863. The zero-order valence-electron chi connectivity index (χ0n) is 11.2. The topological polar surface area (TPSA) is 58.4 Å². The molecule has 1 aromatic carbocycles. The highest BCUT2D eigenvalue weighted by Gasteiger charge is 2.25. The van der Waals surface area contributed by atoms with E-state index in [1.54, 1.807) is 17.0 Å². The Labute approximate surface area is 112 Å². The lowest BCUT2D eigenvalue weighted by molar-refractivity contribution is 0.166. The maximum Gasteiger partial charge on any atom is 0.322 e. The number of urea groups is 1. The molecule has 0 radical (unpaired) electrons. The van der Waals surface area contributed by atoms with E-state index < -0.39 is 5.82 Å². The van der Waals surface area contributed by atoms with Crippen molar-refractivity contribution in [1.82, 2.24) is 4.90 Å². The van der Waals surface area contributed by atoms with Gasteiger partial charge in [-0.1, -0.05) is 6.07 Å². The van der Waals surface area contributed by atoms with Crippen molar-refractivity contribution < 1.29 is 9.18 Å². The molecule has 1 atom stereocenters. The van der Waals surface area contributed by atoms with Gasteiger partial charge in [-0.15, -0.1) is 0 Å². The first-order valence-corrected chi connectivity index (χ1v) is 6.65. The molecule has 0 aliphatic carbocycles. The zero-order chi connectivity index (χ0) is 13.8. The van der Waals surface area contributed by atoms with Crippen LogP contribution >= 0.6 is 0 Å². The number of likely N-dealkylation sites (tertiary alicyclic amines) is 1. The third-order valence-electron chi connectivity index (χ3n) is 3.52. The van der Waals surface area contributed by atoms with Gasteiger partial charge in [0.2, 0.25) is 0 Å². The van der Waals surface area contributed by atoms with Crippen molar-refractivity contribution in [2.75, 3.05) is 18.4 Å². The summed E-state index contributed by atoms with van der Waals surface area (Å²) in [5, 5.41) is 2.64. The third kappa shape index (κ3) is 3.23. The van der Waals surface area contributed by atoms with Gasteiger partial charge in [-0.05, 0) is 43.9 Å². The van der Waals surface area contributed by atoms with Crippen LogP contribution in [0.3, 0.4) is 0 Å². The highest BCUT2D eigenvalue weighted by molar-refractivity contribution is 5.89. The van der Waals surface area contributed by atoms with Crippen LogP contribution in [0.2, 0.25) is 0 Å². The van der Waals surface area contributed by atoms with Crippen molar-refractivity contribution >= 4 is 11.7 Å². The van der Waals surface area contributed by atoms with Crippen molar-refractivity contribution in [2.45, 2.75) is 32.2 Å². The molecule has 1 heterocycles. The summed E-state index contributed by atoms with van der Waals surface area (Å²) in [5.74, 6) is -0.416. The molecule has 104 valence electrons. The maximum atomic E-state index is 13.6. The first-order chi connectivity index (χ1) is 9.11. The van der Waals surface area contributed by atoms with Gasteiger partial charge >= 0.3 is 6.03 Å². The number of nitrogens with zero attached hydrogens (tertiary/aromatic N) is 1. The van der Waals surface area contributed by atoms with Crippen molar-refractivity contribution in [1.29, 1.82) is 0 Å². The number of rotatable bonds is 2. The maximum absolute atomic E-state index is 13.6. The predicted molar refractivity (Wildman–Crippen MR) is 73.6 cm³/mol. The molecule has 3 N–H and O–H groups in total. The Morgan fingerprint density at radius 1 is 1.53 bits per heavy atom. The minimum absolute atomic E-state index is 0.0571. The fourth-order valence-corrected chi connectivity index (χ4v) is 2.43. The number of carbonyl (C=O) groups excluding carboxylic acids is 1. The molecular weight excluding hydrogens is 245 g/mol. The van der Waals surface area contributed by atoms with Crippen LogP contribution in [0.15, 0.2) is 18.2 Å². The van der Waals surface area contributed by atoms with Crippen molar-refractivity contribution in [3.63, 3.8) is 0 Å². The van der Waals surface area contributed by atoms with Gasteiger partial charge in [0, 0.05) is 19.1 Å². The predicted octanol–water partition coefficient (Wildman–Crippen LogP) is 2.48. The summed E-state index contributed by atoms with van der Waals surface area (Å²) in [7, 11) is 0. The Hall–Kier alpha value is -1.62. The number of piperidine rings is 1. The highest BCUT2D eigenvalue weighted by atomic mass is 19.1. The minimum atomic E-state index is -0.416. The molecule has 0 spiro atoms. The fraction of sp³-hybridized carbons (Fsp3) is 0.500. The summed E-state index contributed by atoms with van der Waals surface area (Å²) >= 11 is 0. The number of nitrogens with one attached hydrogen (secondary N) is 1. The van der Waals surface area contributed by atoms with E-state index in [9.17, 15) is 9.18 Å². The molecule has 1 aliphatic rings. The summed E-state index contributed by atoms with van der Waals surface area (Å²) in [6, 6.07) is 4.46. The van der Waals surface area contributed by atoms with Gasteiger partial charge in [0.05, 0.1) is 5.69 Å². The van der Waals surface area contributed by atoms with Crippen LogP contribution in [-0.2, 0) is 0 Å². The normalized spacial score (nSPS) is 19.3. The molecule has 1 aromatic rings. The van der Waals surface area contributed by atoms with Crippen molar-refractivity contribution in [3.8, 4) is 0 Å². The van der Waals surface area contributed by atoms with Crippen LogP contribution in [0.25, 0.3) is 0 Å². The number of aryl methyl sites for hydroxylation is 1. The van der Waals surface area contributed by atoms with Crippen LogP contribution in [0.1, 0.15) is 24.8 Å². The molecule has 1 saturated heterocycles. The van der Waals surface area contributed by atoms with Crippen LogP contribution in [0, 0.1) is 12.7 Å². The molecular formula is C14H20FN3O. The molecule has 19 heavy (non-hydrogen) atoms. The number of carbonyl (C=O) groups is 1. The number of hydrogen-bond acceptors (Lipinski definition) is 2. The van der Waals surface area contributed by atoms with E-state index in [1.807, 2.05) is 6.92 Å². The molecule has 0 unspecified atom stereocenters. The minimum Gasteiger partial charge on any atom is -0.328 e. The summed E-state index contributed by atoms with van der Waals surface area (Å²) < 4.78 is 13.6. The van der Waals surface area contributed by atoms with E-state index in [0.29, 0.717) is 13.1 Å². The summed E-state index contributed by atoms with van der Waals surface area (Å²) in [6.45, 7) is 2.99. The van der Waals surface area contributed by atoms with Gasteiger partial charge in [-0.2, -0.15) is 0 Å². The molecule has 0 bridgehead atoms. The second-order valence-corrected chi connectivity index (χ2v) is 4.99. The lowest BCUT2D eigenvalue weighted by Gasteiger charge is -2.35. The largest absolute Gasteiger partial charge is 0.328 e. The van der Waals surface area contributed by atoms with Crippen molar-refractivity contribution in [3.05, 3.63) is 29.6 Å². The monoisotopic (exact) mass is 265 g/mol. The second kappa shape index (κ2) is 6.02. The number of halogens is 1. The molecule has 2 amide bonds. The number of benzene rings is 1. The molecule has 0 saturated carbocycles. The average molecular weight is 265 g/mol. The number of anilines is 1. The van der Waals surface area contributed by atoms with Crippen LogP contribution < -0.4 is 11.1 Å². The summed E-state index contributed by atoms with van der Waals surface area (Å²) in [5.41, 5.74) is 6.82. The molecule has 4 nitrogen and oxygen atoms in total. The van der Waals surface area contributed by atoms with E-state index in [2.05, 4.69) is 5.32 Å². The number of nitrogens with two attached hydrogens (primary N) is 1. The van der Waals surface area contributed by atoms with Crippen LogP contribution in [-0.4, -0.2) is 30.1 Å².